The number of aromatic nitrogens is 2. The van der Waals surface area contributed by atoms with Crippen LogP contribution < -0.4 is 10.6 Å². The summed E-state index contributed by atoms with van der Waals surface area (Å²) in [4.78, 5) is 12.3. The molecule has 0 saturated heterocycles. The molecule has 2 aromatic rings. The second kappa shape index (κ2) is 9.03. The molecule has 7 heteroatoms. The van der Waals surface area contributed by atoms with Gasteiger partial charge in [0, 0.05) is 7.05 Å². The van der Waals surface area contributed by atoms with E-state index in [2.05, 4.69) is 65.9 Å². The lowest BCUT2D eigenvalue weighted by Crippen LogP contribution is -2.33. The van der Waals surface area contributed by atoms with Crippen LogP contribution in [0.5, 0.6) is 0 Å². The number of anilines is 1. The van der Waals surface area contributed by atoms with Crippen LogP contribution in [0.1, 0.15) is 37.9 Å². The highest BCUT2D eigenvalue weighted by atomic mass is 32.2. The number of rotatable bonds is 8. The van der Waals surface area contributed by atoms with E-state index >= 15 is 0 Å². The van der Waals surface area contributed by atoms with Gasteiger partial charge in [-0.15, -0.1) is 10.2 Å². The fourth-order valence-electron chi connectivity index (χ4n) is 2.31. The van der Waals surface area contributed by atoms with Crippen LogP contribution >= 0.6 is 23.1 Å². The summed E-state index contributed by atoms with van der Waals surface area (Å²) in [6.45, 7) is 6.38. The Hall–Kier alpha value is -1.60. The Morgan fingerprint density at radius 2 is 1.96 bits per heavy atom. The number of carbonyl (C=O) groups is 1. The number of amides is 1. The number of carbonyl (C=O) groups excluding carboxylic acids is 1. The first-order chi connectivity index (χ1) is 11.5. The largest absolute Gasteiger partial charge is 0.363 e. The topological polar surface area (TPSA) is 66.9 Å². The number of aryl methyl sites for hydroxylation is 1. The van der Waals surface area contributed by atoms with Crippen molar-refractivity contribution in [3.05, 3.63) is 35.4 Å². The molecular formula is C17H24N4OS2. The van der Waals surface area contributed by atoms with Crippen LogP contribution in [0.4, 0.5) is 5.13 Å². The molecular weight excluding hydrogens is 340 g/mol. The predicted molar refractivity (Wildman–Crippen MR) is 102 cm³/mol. The summed E-state index contributed by atoms with van der Waals surface area (Å²) in [5, 5.41) is 14.9. The molecule has 0 spiro atoms. The van der Waals surface area contributed by atoms with Gasteiger partial charge in [-0.25, -0.2) is 0 Å². The molecule has 1 atom stereocenters. The number of thioether (sulfide) groups is 1. The van der Waals surface area contributed by atoms with Gasteiger partial charge in [0.25, 0.3) is 0 Å². The fraction of sp³-hybridized carbons (Fsp3) is 0.471. The van der Waals surface area contributed by atoms with Crippen LogP contribution in [-0.4, -0.2) is 28.9 Å². The summed E-state index contributed by atoms with van der Waals surface area (Å²) in [6.07, 6.45) is 1.02. The molecule has 0 bridgehead atoms. The molecule has 24 heavy (non-hydrogen) atoms. The summed E-state index contributed by atoms with van der Waals surface area (Å²) in [6, 6.07) is 8.51. The van der Waals surface area contributed by atoms with Gasteiger partial charge in [-0.05, 0) is 23.5 Å². The van der Waals surface area contributed by atoms with Gasteiger partial charge in [0.1, 0.15) is 0 Å². The van der Waals surface area contributed by atoms with E-state index in [1.54, 1.807) is 7.05 Å². The number of nitrogens with zero attached hydrogens (tertiary/aromatic N) is 2. The average Bonchev–Trinajstić information content (AvgIpc) is 3.06. The van der Waals surface area contributed by atoms with E-state index in [0.717, 1.165) is 21.5 Å². The summed E-state index contributed by atoms with van der Waals surface area (Å²) in [5.74, 6) is 0.678. The molecule has 0 radical (unpaired) electrons. The molecule has 1 aromatic carbocycles. The Morgan fingerprint density at radius 3 is 2.50 bits per heavy atom. The van der Waals surface area contributed by atoms with Gasteiger partial charge in [-0.2, -0.15) is 0 Å². The molecule has 0 fully saturated rings. The third kappa shape index (κ3) is 5.21. The Balaban J connectivity index is 1.94. The molecule has 0 aliphatic carbocycles. The van der Waals surface area contributed by atoms with Crippen LogP contribution in [0.25, 0.3) is 0 Å². The molecule has 130 valence electrons. The molecule has 5 nitrogen and oxygen atoms in total. The van der Waals surface area contributed by atoms with Crippen molar-refractivity contribution in [3.8, 4) is 0 Å². The van der Waals surface area contributed by atoms with Crippen LogP contribution in [0, 0.1) is 5.92 Å². The molecule has 0 unspecified atom stereocenters. The van der Waals surface area contributed by atoms with Crippen LogP contribution in [0.2, 0.25) is 0 Å². The Morgan fingerprint density at radius 1 is 1.25 bits per heavy atom. The van der Waals surface area contributed by atoms with Crippen molar-refractivity contribution in [1.29, 1.82) is 0 Å². The van der Waals surface area contributed by atoms with Gasteiger partial charge in [0.2, 0.25) is 11.0 Å². The zero-order valence-electron chi connectivity index (χ0n) is 14.5. The molecule has 0 aliphatic rings. The van der Waals surface area contributed by atoms with Crippen molar-refractivity contribution in [2.24, 2.45) is 5.92 Å². The van der Waals surface area contributed by atoms with E-state index in [4.69, 9.17) is 0 Å². The number of hydrogen-bond acceptors (Lipinski definition) is 6. The van der Waals surface area contributed by atoms with Crippen molar-refractivity contribution in [2.45, 2.75) is 37.6 Å². The third-order valence-corrected chi connectivity index (χ3v) is 5.75. The molecule has 0 aliphatic heterocycles. The first-order valence-corrected chi connectivity index (χ1v) is 9.86. The maximum Gasteiger partial charge on any atom is 0.230 e. The summed E-state index contributed by atoms with van der Waals surface area (Å²) >= 11 is 2.86. The SMILES string of the molecule is CCc1ccc([C@@H](NC(=O)CSc2nnc(NC)s2)C(C)C)cc1. The number of benzene rings is 1. The van der Waals surface area contributed by atoms with E-state index in [1.165, 1.54) is 28.7 Å². The zero-order valence-corrected chi connectivity index (χ0v) is 16.1. The minimum Gasteiger partial charge on any atom is -0.363 e. The van der Waals surface area contributed by atoms with Crippen LogP contribution in [0.15, 0.2) is 28.6 Å². The minimum absolute atomic E-state index is 0.0134. The molecule has 0 saturated carbocycles. The first kappa shape index (κ1) is 18.7. The smallest absolute Gasteiger partial charge is 0.230 e. The van der Waals surface area contributed by atoms with Crippen molar-refractivity contribution in [1.82, 2.24) is 15.5 Å². The van der Waals surface area contributed by atoms with Crippen LogP contribution in [0.3, 0.4) is 0 Å². The molecule has 2 N–H and O–H groups in total. The van der Waals surface area contributed by atoms with E-state index in [9.17, 15) is 4.79 Å². The average molecular weight is 365 g/mol. The van der Waals surface area contributed by atoms with E-state index in [0.29, 0.717) is 11.7 Å². The lowest BCUT2D eigenvalue weighted by molar-refractivity contribution is -0.119. The van der Waals surface area contributed by atoms with Crippen LogP contribution in [-0.2, 0) is 11.2 Å². The Kier molecular flexibility index (Phi) is 7.05. The third-order valence-electron chi connectivity index (χ3n) is 3.68. The molecule has 1 amide bonds. The lowest BCUT2D eigenvalue weighted by Gasteiger charge is -2.23. The van der Waals surface area contributed by atoms with Gasteiger partial charge >= 0.3 is 0 Å². The van der Waals surface area contributed by atoms with Crippen molar-refractivity contribution < 1.29 is 4.79 Å². The predicted octanol–water partition coefficient (Wildman–Crippen LogP) is 3.75. The van der Waals surface area contributed by atoms with Gasteiger partial charge < -0.3 is 10.6 Å². The van der Waals surface area contributed by atoms with E-state index in [-0.39, 0.29) is 11.9 Å². The Labute approximate surface area is 151 Å². The number of nitrogens with one attached hydrogen (secondary N) is 2. The Bertz CT molecular complexity index is 655. The summed E-state index contributed by atoms with van der Waals surface area (Å²) < 4.78 is 0.794. The quantitative estimate of drug-likeness (QED) is 0.698. The van der Waals surface area contributed by atoms with Gasteiger partial charge in [0.15, 0.2) is 4.34 Å². The highest BCUT2D eigenvalue weighted by molar-refractivity contribution is 8.01. The second-order valence-corrected chi connectivity index (χ2v) is 8.00. The maximum absolute atomic E-state index is 12.3. The maximum atomic E-state index is 12.3. The van der Waals surface area contributed by atoms with Crippen molar-refractivity contribution >= 4 is 34.1 Å². The number of hydrogen-bond donors (Lipinski definition) is 2. The highest BCUT2D eigenvalue weighted by Crippen LogP contribution is 2.26. The standard InChI is InChI=1S/C17H24N4OS2/c1-5-12-6-8-13(9-7-12)15(11(2)3)19-14(22)10-23-17-21-20-16(18-4)24-17/h6-9,11,15H,5,10H2,1-4H3,(H,18,20)(H,19,22)/t15-/m0/s1. The molecule has 2 rings (SSSR count). The van der Waals surface area contributed by atoms with Crippen molar-refractivity contribution in [2.75, 3.05) is 18.1 Å². The van der Waals surface area contributed by atoms with Crippen molar-refractivity contribution in [3.63, 3.8) is 0 Å². The fourth-order valence-corrected chi connectivity index (χ4v) is 3.82. The van der Waals surface area contributed by atoms with Gasteiger partial charge in [-0.1, -0.05) is 68.1 Å². The summed E-state index contributed by atoms with van der Waals surface area (Å²) in [7, 11) is 1.80. The van der Waals surface area contributed by atoms with E-state index in [1.807, 2.05) is 0 Å². The molecule has 1 aromatic heterocycles. The first-order valence-electron chi connectivity index (χ1n) is 8.05. The highest BCUT2D eigenvalue weighted by Gasteiger charge is 2.18. The molecule has 1 heterocycles. The summed E-state index contributed by atoms with van der Waals surface area (Å²) in [5.41, 5.74) is 2.45. The monoisotopic (exact) mass is 364 g/mol. The van der Waals surface area contributed by atoms with Gasteiger partial charge in [0.05, 0.1) is 11.8 Å². The lowest BCUT2D eigenvalue weighted by atomic mass is 9.95. The minimum atomic E-state index is 0.0134. The normalized spacial score (nSPS) is 12.2. The second-order valence-electron chi connectivity index (χ2n) is 5.80. The van der Waals surface area contributed by atoms with Gasteiger partial charge in [-0.3, -0.25) is 4.79 Å². The van der Waals surface area contributed by atoms with E-state index < -0.39 is 0 Å². The zero-order chi connectivity index (χ0) is 17.5.